The molecule has 1 fully saturated rings. The van der Waals surface area contributed by atoms with Gasteiger partial charge >= 0.3 is 0 Å². The highest BCUT2D eigenvalue weighted by Crippen LogP contribution is 2.22. The highest BCUT2D eigenvalue weighted by molar-refractivity contribution is 5.93. The van der Waals surface area contributed by atoms with Crippen LogP contribution in [0.5, 0.6) is 5.75 Å². The molecular weight excluding hydrogens is 292 g/mol. The number of carbonyl (C=O) groups is 1. The van der Waals surface area contributed by atoms with Gasteiger partial charge in [-0.05, 0) is 62.5 Å². The molecule has 128 valence electrons. The molecule has 0 aliphatic carbocycles. The Morgan fingerprint density at radius 2 is 2.04 bits per heavy atom. The number of nitrogens with one attached hydrogen (secondary N) is 1. The number of ether oxygens (including phenoxy) is 2. The number of aryl methyl sites for hydroxylation is 1. The second-order valence-corrected chi connectivity index (χ2v) is 6.32. The fourth-order valence-electron chi connectivity index (χ4n) is 2.72. The van der Waals surface area contributed by atoms with Crippen LogP contribution in [0.1, 0.15) is 25.3 Å². The lowest BCUT2D eigenvalue weighted by Crippen LogP contribution is -2.38. The molecule has 2 rings (SSSR count). The van der Waals surface area contributed by atoms with Crippen molar-refractivity contribution >= 4 is 11.6 Å². The third kappa shape index (κ3) is 5.84. The Morgan fingerprint density at radius 3 is 2.70 bits per heavy atom. The van der Waals surface area contributed by atoms with Crippen LogP contribution in [0.4, 0.5) is 5.69 Å². The van der Waals surface area contributed by atoms with E-state index in [9.17, 15) is 4.79 Å². The number of hydrogen-bond acceptors (Lipinski definition) is 4. The number of likely N-dealkylation sites (tertiary alicyclic amines) is 1. The van der Waals surface area contributed by atoms with Gasteiger partial charge in [0.2, 0.25) is 5.91 Å². The van der Waals surface area contributed by atoms with E-state index in [1.54, 1.807) is 7.11 Å². The molecule has 1 N–H and O–H groups in total. The third-order valence-electron chi connectivity index (χ3n) is 4.27. The van der Waals surface area contributed by atoms with Crippen molar-refractivity contribution in [3.8, 4) is 5.75 Å². The summed E-state index contributed by atoms with van der Waals surface area (Å²) in [4.78, 5) is 14.4. The number of amides is 1. The Kier molecular flexibility index (Phi) is 6.86. The molecule has 1 aliphatic heterocycles. The Hall–Kier alpha value is -1.59. The van der Waals surface area contributed by atoms with Crippen molar-refractivity contribution in [2.75, 3.05) is 45.3 Å². The average molecular weight is 320 g/mol. The first-order valence-electron chi connectivity index (χ1n) is 8.33. The van der Waals surface area contributed by atoms with Crippen LogP contribution in [0, 0.1) is 12.8 Å². The summed E-state index contributed by atoms with van der Waals surface area (Å²) in [5.41, 5.74) is 1.85. The average Bonchev–Trinajstić information content (AvgIpc) is 2.52. The highest BCUT2D eigenvalue weighted by Gasteiger charge is 2.18. The summed E-state index contributed by atoms with van der Waals surface area (Å²) in [5, 5.41) is 3.00. The van der Waals surface area contributed by atoms with Gasteiger partial charge in [0.15, 0.2) is 0 Å². The van der Waals surface area contributed by atoms with E-state index >= 15 is 0 Å². The number of rotatable bonds is 7. The van der Waals surface area contributed by atoms with E-state index in [1.165, 1.54) is 12.8 Å². The zero-order chi connectivity index (χ0) is 16.7. The van der Waals surface area contributed by atoms with Gasteiger partial charge in [0.25, 0.3) is 0 Å². The molecule has 1 saturated heterocycles. The Labute approximate surface area is 139 Å². The zero-order valence-electron chi connectivity index (χ0n) is 14.4. The number of benzene rings is 1. The fraction of sp³-hybridized carbons (Fsp3) is 0.611. The van der Waals surface area contributed by atoms with Gasteiger partial charge in [-0.15, -0.1) is 0 Å². The molecule has 0 bridgehead atoms. The molecular formula is C18H28N2O3. The van der Waals surface area contributed by atoms with Gasteiger partial charge < -0.3 is 14.8 Å². The molecule has 0 unspecified atom stereocenters. The number of anilines is 1. The quantitative estimate of drug-likeness (QED) is 0.785. The SMILES string of the molecule is COCCOc1ccc(NC(=O)CN2CCC(C)CC2)c(C)c1. The van der Waals surface area contributed by atoms with Crippen LogP contribution in [0.3, 0.4) is 0 Å². The van der Waals surface area contributed by atoms with Crippen molar-refractivity contribution in [3.63, 3.8) is 0 Å². The molecule has 0 atom stereocenters. The molecule has 0 radical (unpaired) electrons. The minimum atomic E-state index is 0.0516. The van der Waals surface area contributed by atoms with Gasteiger partial charge in [0.1, 0.15) is 12.4 Å². The molecule has 1 amide bonds. The second-order valence-electron chi connectivity index (χ2n) is 6.32. The van der Waals surface area contributed by atoms with E-state index in [0.717, 1.165) is 36.0 Å². The molecule has 0 saturated carbocycles. The van der Waals surface area contributed by atoms with Gasteiger partial charge in [-0.3, -0.25) is 9.69 Å². The van der Waals surface area contributed by atoms with Gasteiger partial charge in [-0.25, -0.2) is 0 Å². The van der Waals surface area contributed by atoms with Crippen molar-refractivity contribution in [2.45, 2.75) is 26.7 Å². The normalized spacial score (nSPS) is 16.3. The van der Waals surface area contributed by atoms with Crippen molar-refractivity contribution < 1.29 is 14.3 Å². The largest absolute Gasteiger partial charge is 0.491 e. The minimum absolute atomic E-state index is 0.0516. The first kappa shape index (κ1) is 17.8. The molecule has 23 heavy (non-hydrogen) atoms. The van der Waals surface area contributed by atoms with Crippen LogP contribution in [-0.4, -0.2) is 50.8 Å². The molecule has 1 aliphatic rings. The lowest BCUT2D eigenvalue weighted by atomic mass is 9.99. The van der Waals surface area contributed by atoms with Crippen molar-refractivity contribution in [2.24, 2.45) is 5.92 Å². The first-order valence-corrected chi connectivity index (χ1v) is 8.33. The van der Waals surface area contributed by atoms with Crippen LogP contribution in [0.15, 0.2) is 18.2 Å². The Balaban J connectivity index is 1.83. The molecule has 5 nitrogen and oxygen atoms in total. The summed E-state index contributed by atoms with van der Waals surface area (Å²) in [7, 11) is 1.65. The Morgan fingerprint density at radius 1 is 1.30 bits per heavy atom. The number of piperidine rings is 1. The monoisotopic (exact) mass is 320 g/mol. The molecule has 5 heteroatoms. The molecule has 1 aromatic rings. The lowest BCUT2D eigenvalue weighted by molar-refractivity contribution is -0.117. The predicted octanol–water partition coefficient (Wildman–Crippen LogP) is 2.69. The van der Waals surface area contributed by atoms with Gasteiger partial charge in [-0.1, -0.05) is 6.92 Å². The smallest absolute Gasteiger partial charge is 0.238 e. The summed E-state index contributed by atoms with van der Waals surface area (Å²) in [6, 6.07) is 5.71. The summed E-state index contributed by atoms with van der Waals surface area (Å²) in [6.07, 6.45) is 2.36. The predicted molar refractivity (Wildman–Crippen MR) is 92.0 cm³/mol. The van der Waals surface area contributed by atoms with Gasteiger partial charge in [0.05, 0.1) is 13.2 Å². The fourth-order valence-corrected chi connectivity index (χ4v) is 2.72. The maximum absolute atomic E-state index is 12.2. The molecule has 0 aromatic heterocycles. The Bertz CT molecular complexity index is 511. The maximum atomic E-state index is 12.2. The summed E-state index contributed by atoms with van der Waals surface area (Å²) < 4.78 is 10.5. The van der Waals surface area contributed by atoms with E-state index in [4.69, 9.17) is 9.47 Å². The molecule has 1 heterocycles. The number of nitrogens with zero attached hydrogens (tertiary/aromatic N) is 1. The second kappa shape index (κ2) is 8.89. The lowest BCUT2D eigenvalue weighted by Gasteiger charge is -2.29. The van der Waals surface area contributed by atoms with E-state index in [-0.39, 0.29) is 5.91 Å². The first-order chi connectivity index (χ1) is 11.1. The highest BCUT2D eigenvalue weighted by atomic mass is 16.5. The number of carbonyl (C=O) groups excluding carboxylic acids is 1. The van der Waals surface area contributed by atoms with Crippen LogP contribution in [0.25, 0.3) is 0 Å². The topological polar surface area (TPSA) is 50.8 Å². The minimum Gasteiger partial charge on any atom is -0.491 e. The summed E-state index contributed by atoms with van der Waals surface area (Å²) in [5.74, 6) is 1.63. The van der Waals surface area contributed by atoms with Crippen LogP contribution in [0.2, 0.25) is 0 Å². The third-order valence-corrected chi connectivity index (χ3v) is 4.27. The van der Waals surface area contributed by atoms with E-state index < -0.39 is 0 Å². The van der Waals surface area contributed by atoms with Crippen molar-refractivity contribution in [1.29, 1.82) is 0 Å². The van der Waals surface area contributed by atoms with Crippen molar-refractivity contribution in [1.82, 2.24) is 4.90 Å². The summed E-state index contributed by atoms with van der Waals surface area (Å²) in [6.45, 7) is 7.83. The van der Waals surface area contributed by atoms with Crippen LogP contribution >= 0.6 is 0 Å². The van der Waals surface area contributed by atoms with Gasteiger partial charge in [0, 0.05) is 12.8 Å². The molecule has 0 spiro atoms. The zero-order valence-corrected chi connectivity index (χ0v) is 14.4. The van der Waals surface area contributed by atoms with E-state index in [2.05, 4.69) is 17.1 Å². The van der Waals surface area contributed by atoms with Crippen LogP contribution in [-0.2, 0) is 9.53 Å². The van der Waals surface area contributed by atoms with Crippen molar-refractivity contribution in [3.05, 3.63) is 23.8 Å². The summed E-state index contributed by atoms with van der Waals surface area (Å²) >= 11 is 0. The standard InChI is InChI=1S/C18H28N2O3/c1-14-6-8-20(9-7-14)13-18(21)19-17-5-4-16(12-15(17)2)23-11-10-22-3/h4-5,12,14H,6-11,13H2,1-3H3,(H,19,21). The number of methoxy groups -OCH3 is 1. The number of hydrogen-bond donors (Lipinski definition) is 1. The van der Waals surface area contributed by atoms with Gasteiger partial charge in [-0.2, -0.15) is 0 Å². The van der Waals surface area contributed by atoms with E-state index in [0.29, 0.717) is 19.8 Å². The maximum Gasteiger partial charge on any atom is 0.238 e. The molecule has 1 aromatic carbocycles. The van der Waals surface area contributed by atoms with E-state index in [1.807, 2.05) is 25.1 Å². The van der Waals surface area contributed by atoms with Crippen LogP contribution < -0.4 is 10.1 Å².